The lowest BCUT2D eigenvalue weighted by Crippen LogP contribution is -2.27. The smallest absolute Gasteiger partial charge is 0.270 e. The predicted molar refractivity (Wildman–Crippen MR) is 122 cm³/mol. The quantitative estimate of drug-likeness (QED) is 0.407. The second-order valence-corrected chi connectivity index (χ2v) is 8.53. The van der Waals surface area contributed by atoms with Gasteiger partial charge in [-0.3, -0.25) is 9.69 Å². The Morgan fingerprint density at radius 1 is 0.929 bits per heavy atom. The van der Waals surface area contributed by atoms with E-state index >= 15 is 0 Å². The predicted octanol–water partition coefficient (Wildman–Crippen LogP) is 5.81. The molecule has 0 spiro atoms. The van der Waals surface area contributed by atoms with Crippen LogP contribution in [0.1, 0.15) is 22.5 Å². The van der Waals surface area contributed by atoms with Crippen molar-refractivity contribution in [2.24, 2.45) is 0 Å². The van der Waals surface area contributed by atoms with Crippen molar-refractivity contribution in [1.29, 1.82) is 0 Å². The number of hydrogen-bond donors (Lipinski definition) is 0. The number of carbonyl (C=O) groups excluding carboxylic acids is 1. The SMILES string of the molecule is Cc1ccc(-n2c(C)cc(/C=C3/SC(=S)N(c4ccccc4)C3=O)c2C)cc1. The number of para-hydroxylation sites is 1. The van der Waals surface area contributed by atoms with Gasteiger partial charge >= 0.3 is 0 Å². The summed E-state index contributed by atoms with van der Waals surface area (Å²) in [6.07, 6.45) is 1.95. The van der Waals surface area contributed by atoms with Crippen LogP contribution in [-0.4, -0.2) is 14.8 Å². The lowest BCUT2D eigenvalue weighted by molar-refractivity contribution is -0.113. The fraction of sp³-hybridized carbons (Fsp3) is 0.130. The second kappa shape index (κ2) is 7.41. The molecule has 5 heteroatoms. The maximum absolute atomic E-state index is 13.0. The van der Waals surface area contributed by atoms with E-state index in [2.05, 4.69) is 55.7 Å². The lowest BCUT2D eigenvalue weighted by atomic mass is 10.2. The van der Waals surface area contributed by atoms with Crippen molar-refractivity contribution in [1.82, 2.24) is 4.57 Å². The summed E-state index contributed by atoms with van der Waals surface area (Å²) in [5, 5.41) is 0. The Morgan fingerprint density at radius 3 is 2.29 bits per heavy atom. The van der Waals surface area contributed by atoms with Crippen molar-refractivity contribution < 1.29 is 4.79 Å². The molecule has 140 valence electrons. The summed E-state index contributed by atoms with van der Waals surface area (Å²) in [5.74, 6) is -0.0682. The molecular formula is C23H20N2OS2. The van der Waals surface area contributed by atoms with Gasteiger partial charge in [-0.05, 0) is 62.7 Å². The third-order valence-corrected chi connectivity index (χ3v) is 6.16. The van der Waals surface area contributed by atoms with Crippen molar-refractivity contribution in [3.05, 3.63) is 88.1 Å². The summed E-state index contributed by atoms with van der Waals surface area (Å²) in [5.41, 5.74) is 6.43. The molecule has 0 aliphatic carbocycles. The lowest BCUT2D eigenvalue weighted by Gasteiger charge is -2.13. The standard InChI is InChI=1S/C23H20N2OS2/c1-15-9-11-20(12-10-15)24-16(2)13-18(17(24)3)14-21-22(26)25(23(27)28-21)19-7-5-4-6-8-19/h4-14H,1-3H3/b21-14+. The van der Waals surface area contributed by atoms with Crippen LogP contribution in [0.15, 0.2) is 65.6 Å². The van der Waals surface area contributed by atoms with E-state index in [-0.39, 0.29) is 5.91 Å². The first-order chi connectivity index (χ1) is 13.5. The monoisotopic (exact) mass is 404 g/mol. The van der Waals surface area contributed by atoms with Crippen molar-refractivity contribution in [3.8, 4) is 5.69 Å². The summed E-state index contributed by atoms with van der Waals surface area (Å²) in [6, 6.07) is 20.1. The van der Waals surface area contributed by atoms with Crippen molar-refractivity contribution >= 4 is 46.0 Å². The Labute approximate surface area is 174 Å². The molecule has 1 saturated heterocycles. The molecule has 2 heterocycles. The molecule has 1 aliphatic rings. The first kappa shape index (κ1) is 18.7. The summed E-state index contributed by atoms with van der Waals surface area (Å²) in [4.78, 5) is 15.2. The molecule has 1 aromatic heterocycles. The van der Waals surface area contributed by atoms with Gasteiger partial charge < -0.3 is 4.57 Å². The minimum Gasteiger partial charge on any atom is -0.318 e. The number of carbonyl (C=O) groups is 1. The normalized spacial score (nSPS) is 15.7. The van der Waals surface area contributed by atoms with Crippen LogP contribution in [0.25, 0.3) is 11.8 Å². The molecule has 1 amide bonds. The molecule has 3 nitrogen and oxygen atoms in total. The first-order valence-corrected chi connectivity index (χ1v) is 10.3. The first-order valence-electron chi connectivity index (χ1n) is 9.04. The number of thioether (sulfide) groups is 1. The number of anilines is 1. The third-order valence-electron chi connectivity index (χ3n) is 4.86. The van der Waals surface area contributed by atoms with Gasteiger partial charge in [-0.25, -0.2) is 0 Å². The van der Waals surface area contributed by atoms with Gasteiger partial charge in [-0.15, -0.1) is 0 Å². The Balaban J connectivity index is 1.70. The molecule has 0 radical (unpaired) electrons. The highest BCUT2D eigenvalue weighted by molar-refractivity contribution is 8.27. The average Bonchev–Trinajstić information content (AvgIpc) is 3.12. The Hall–Kier alpha value is -2.63. The second-order valence-electron chi connectivity index (χ2n) is 6.85. The molecule has 3 aromatic rings. The Bertz CT molecular complexity index is 1100. The van der Waals surface area contributed by atoms with E-state index in [1.165, 1.54) is 17.3 Å². The summed E-state index contributed by atoms with van der Waals surface area (Å²) >= 11 is 6.82. The van der Waals surface area contributed by atoms with Crippen LogP contribution in [0.2, 0.25) is 0 Å². The van der Waals surface area contributed by atoms with Gasteiger partial charge in [0.2, 0.25) is 0 Å². The van der Waals surface area contributed by atoms with E-state index < -0.39 is 0 Å². The average molecular weight is 405 g/mol. The Morgan fingerprint density at radius 2 is 1.61 bits per heavy atom. The van der Waals surface area contributed by atoms with Gasteiger partial charge in [-0.1, -0.05) is 59.9 Å². The zero-order valence-electron chi connectivity index (χ0n) is 16.0. The number of aryl methyl sites for hydroxylation is 2. The molecule has 0 saturated carbocycles. The maximum atomic E-state index is 13.0. The summed E-state index contributed by atoms with van der Waals surface area (Å²) < 4.78 is 2.78. The van der Waals surface area contributed by atoms with E-state index in [1.807, 2.05) is 36.4 Å². The topological polar surface area (TPSA) is 25.2 Å². The van der Waals surface area contributed by atoms with Gasteiger partial charge in [-0.2, -0.15) is 0 Å². The van der Waals surface area contributed by atoms with Crippen molar-refractivity contribution in [2.45, 2.75) is 20.8 Å². The highest BCUT2D eigenvalue weighted by atomic mass is 32.2. The van der Waals surface area contributed by atoms with Crippen LogP contribution in [0.5, 0.6) is 0 Å². The molecule has 1 fully saturated rings. The molecule has 28 heavy (non-hydrogen) atoms. The summed E-state index contributed by atoms with van der Waals surface area (Å²) in [6.45, 7) is 6.25. The number of rotatable bonds is 3. The fourth-order valence-corrected chi connectivity index (χ4v) is 4.72. The molecule has 0 unspecified atom stereocenters. The highest BCUT2D eigenvalue weighted by Gasteiger charge is 2.33. The van der Waals surface area contributed by atoms with E-state index in [0.29, 0.717) is 9.23 Å². The minimum absolute atomic E-state index is 0.0682. The van der Waals surface area contributed by atoms with Crippen LogP contribution in [0.4, 0.5) is 5.69 Å². The van der Waals surface area contributed by atoms with Crippen LogP contribution >= 0.6 is 24.0 Å². The molecule has 0 N–H and O–H groups in total. The van der Waals surface area contributed by atoms with Gasteiger partial charge in [0.1, 0.15) is 0 Å². The van der Waals surface area contributed by atoms with Crippen LogP contribution in [0, 0.1) is 20.8 Å². The number of amides is 1. The maximum Gasteiger partial charge on any atom is 0.270 e. The molecule has 0 bridgehead atoms. The van der Waals surface area contributed by atoms with E-state index in [9.17, 15) is 4.79 Å². The molecule has 4 rings (SSSR count). The van der Waals surface area contributed by atoms with Gasteiger partial charge in [0.25, 0.3) is 5.91 Å². The van der Waals surface area contributed by atoms with Crippen molar-refractivity contribution in [2.75, 3.05) is 4.90 Å². The Kier molecular flexibility index (Phi) is 4.96. The van der Waals surface area contributed by atoms with Gasteiger partial charge in [0.05, 0.1) is 10.6 Å². The zero-order valence-corrected chi connectivity index (χ0v) is 17.6. The fourth-order valence-electron chi connectivity index (χ4n) is 3.43. The zero-order chi connectivity index (χ0) is 19.8. The molecule has 2 aromatic carbocycles. The van der Waals surface area contributed by atoms with Crippen LogP contribution in [0.3, 0.4) is 0 Å². The van der Waals surface area contributed by atoms with E-state index in [4.69, 9.17) is 12.2 Å². The molecule has 0 atom stereocenters. The van der Waals surface area contributed by atoms with E-state index in [1.54, 1.807) is 4.90 Å². The minimum atomic E-state index is -0.0682. The van der Waals surface area contributed by atoms with Crippen LogP contribution < -0.4 is 4.90 Å². The third kappa shape index (κ3) is 3.32. The molecular weight excluding hydrogens is 384 g/mol. The number of hydrogen-bond acceptors (Lipinski definition) is 3. The number of benzene rings is 2. The van der Waals surface area contributed by atoms with Crippen molar-refractivity contribution in [3.63, 3.8) is 0 Å². The number of thiocarbonyl (C=S) groups is 1. The van der Waals surface area contributed by atoms with Gasteiger partial charge in [0, 0.05) is 17.1 Å². The van der Waals surface area contributed by atoms with Crippen LogP contribution in [-0.2, 0) is 4.79 Å². The largest absolute Gasteiger partial charge is 0.318 e. The summed E-state index contributed by atoms with van der Waals surface area (Å²) in [7, 11) is 0. The molecule has 1 aliphatic heterocycles. The number of aromatic nitrogens is 1. The van der Waals surface area contributed by atoms with E-state index in [0.717, 1.165) is 28.3 Å². The number of nitrogens with zero attached hydrogens (tertiary/aromatic N) is 2. The highest BCUT2D eigenvalue weighted by Crippen LogP contribution is 2.36. The van der Waals surface area contributed by atoms with Gasteiger partial charge in [0.15, 0.2) is 4.32 Å².